The Morgan fingerprint density at radius 1 is 0.909 bits per heavy atom. The first kappa shape index (κ1) is 21.2. The lowest BCUT2D eigenvalue weighted by atomic mass is 10.0. The number of aromatic nitrogens is 1. The van der Waals surface area contributed by atoms with E-state index < -0.39 is 0 Å². The normalized spacial score (nSPS) is 14.3. The highest BCUT2D eigenvalue weighted by atomic mass is 19.1. The van der Waals surface area contributed by atoms with Crippen LogP contribution in [0, 0.1) is 5.82 Å². The molecule has 5 rings (SSSR count). The van der Waals surface area contributed by atoms with E-state index in [4.69, 9.17) is 9.72 Å². The molecule has 166 valence electrons. The number of anilines is 1. The molecule has 0 saturated carbocycles. The van der Waals surface area contributed by atoms with Crippen molar-refractivity contribution in [1.29, 1.82) is 0 Å². The summed E-state index contributed by atoms with van der Waals surface area (Å²) in [5, 5.41) is 3.94. The molecule has 0 spiro atoms. The summed E-state index contributed by atoms with van der Waals surface area (Å²) in [5.74, 6) is -0.453. The van der Waals surface area contributed by atoms with Crippen molar-refractivity contribution >= 4 is 22.5 Å². The van der Waals surface area contributed by atoms with Crippen LogP contribution in [0.25, 0.3) is 22.0 Å². The summed E-state index contributed by atoms with van der Waals surface area (Å²) in [6.07, 6.45) is 0. The molecular weight excluding hydrogens is 417 g/mol. The lowest BCUT2D eigenvalue weighted by Crippen LogP contribution is -2.35. The molecular formula is C27H24FN3O2. The number of pyridine rings is 1. The number of rotatable bonds is 5. The predicted molar refractivity (Wildman–Crippen MR) is 128 cm³/mol. The van der Waals surface area contributed by atoms with Gasteiger partial charge in [0.1, 0.15) is 5.82 Å². The molecule has 0 aliphatic carbocycles. The van der Waals surface area contributed by atoms with Crippen molar-refractivity contribution in [3.63, 3.8) is 0 Å². The predicted octanol–water partition coefficient (Wildman–Crippen LogP) is 5.13. The van der Waals surface area contributed by atoms with Gasteiger partial charge < -0.3 is 10.1 Å². The number of nitrogens with zero attached hydrogens (tertiary/aromatic N) is 2. The third-order valence-electron chi connectivity index (χ3n) is 5.82. The van der Waals surface area contributed by atoms with Gasteiger partial charge in [-0.25, -0.2) is 4.39 Å². The van der Waals surface area contributed by atoms with Gasteiger partial charge in [-0.2, -0.15) is 0 Å². The van der Waals surface area contributed by atoms with Gasteiger partial charge in [0.15, 0.2) is 0 Å². The number of carbonyl (C=O) groups excluding carboxylic acids is 1. The highest BCUT2D eigenvalue weighted by Gasteiger charge is 2.12. The van der Waals surface area contributed by atoms with Gasteiger partial charge in [-0.15, -0.1) is 0 Å². The van der Waals surface area contributed by atoms with E-state index in [-0.39, 0.29) is 11.7 Å². The van der Waals surface area contributed by atoms with Crippen LogP contribution < -0.4 is 5.32 Å². The highest BCUT2D eigenvalue weighted by molar-refractivity contribution is 6.05. The molecule has 33 heavy (non-hydrogen) atoms. The summed E-state index contributed by atoms with van der Waals surface area (Å²) >= 11 is 0. The van der Waals surface area contributed by atoms with E-state index in [0.29, 0.717) is 5.56 Å². The Bertz CT molecular complexity index is 1270. The zero-order valence-electron chi connectivity index (χ0n) is 18.1. The van der Waals surface area contributed by atoms with Crippen LogP contribution in [-0.4, -0.2) is 42.1 Å². The van der Waals surface area contributed by atoms with E-state index in [2.05, 4.69) is 10.2 Å². The minimum absolute atomic E-state index is 0.183. The lowest BCUT2D eigenvalue weighted by molar-refractivity contribution is 0.0337. The van der Waals surface area contributed by atoms with Crippen molar-refractivity contribution in [3.8, 4) is 11.1 Å². The first-order valence-electron chi connectivity index (χ1n) is 11.0. The fourth-order valence-corrected chi connectivity index (χ4v) is 3.98. The maximum atomic E-state index is 13.1. The molecule has 1 aromatic heterocycles. The molecule has 0 bridgehead atoms. The SMILES string of the molecule is O=C(Nc1ccc2nc(CN3CCOCC3)ccc2c1)c1ccc(-c2ccc(F)cc2)cc1. The number of amides is 1. The van der Waals surface area contributed by atoms with E-state index in [1.807, 2.05) is 42.5 Å². The van der Waals surface area contributed by atoms with E-state index in [9.17, 15) is 9.18 Å². The average molecular weight is 442 g/mol. The second kappa shape index (κ2) is 9.48. The molecule has 0 unspecified atom stereocenters. The van der Waals surface area contributed by atoms with Crippen molar-refractivity contribution in [3.05, 3.63) is 95.9 Å². The zero-order valence-corrected chi connectivity index (χ0v) is 18.1. The summed E-state index contributed by atoms with van der Waals surface area (Å²) < 4.78 is 18.5. The van der Waals surface area contributed by atoms with Crippen LogP contribution in [0.4, 0.5) is 10.1 Å². The first-order chi connectivity index (χ1) is 16.1. The molecule has 0 radical (unpaired) electrons. The Labute approximate surface area is 191 Å². The molecule has 2 heterocycles. The summed E-state index contributed by atoms with van der Waals surface area (Å²) in [6.45, 7) is 4.20. The Morgan fingerprint density at radius 2 is 1.61 bits per heavy atom. The molecule has 1 aliphatic rings. The quantitative estimate of drug-likeness (QED) is 0.467. The number of nitrogens with one attached hydrogen (secondary N) is 1. The fraction of sp³-hybridized carbons (Fsp3) is 0.185. The van der Waals surface area contributed by atoms with Crippen molar-refractivity contribution in [1.82, 2.24) is 9.88 Å². The number of hydrogen-bond acceptors (Lipinski definition) is 4. The monoisotopic (exact) mass is 441 g/mol. The van der Waals surface area contributed by atoms with Gasteiger partial charge in [0, 0.05) is 36.3 Å². The van der Waals surface area contributed by atoms with Crippen molar-refractivity contribution < 1.29 is 13.9 Å². The number of fused-ring (bicyclic) bond motifs is 1. The van der Waals surface area contributed by atoms with Crippen molar-refractivity contribution in [2.24, 2.45) is 0 Å². The molecule has 5 nitrogen and oxygen atoms in total. The Balaban J connectivity index is 1.26. The van der Waals surface area contributed by atoms with Gasteiger partial charge in [0.05, 0.1) is 24.4 Å². The Hall–Kier alpha value is -3.61. The van der Waals surface area contributed by atoms with Crippen LogP contribution in [0.1, 0.15) is 16.1 Å². The van der Waals surface area contributed by atoms with Crippen LogP contribution in [0.2, 0.25) is 0 Å². The van der Waals surface area contributed by atoms with Crippen LogP contribution in [-0.2, 0) is 11.3 Å². The number of morpholine rings is 1. The molecule has 0 atom stereocenters. The molecule has 1 fully saturated rings. The molecule has 4 aromatic rings. The van der Waals surface area contributed by atoms with Crippen LogP contribution >= 0.6 is 0 Å². The van der Waals surface area contributed by atoms with Crippen LogP contribution in [0.3, 0.4) is 0 Å². The first-order valence-corrected chi connectivity index (χ1v) is 11.0. The third kappa shape index (κ3) is 5.08. The molecule has 1 saturated heterocycles. The number of halogens is 1. The summed E-state index contributed by atoms with van der Waals surface area (Å²) in [5.41, 5.74) is 5.04. The second-order valence-electron chi connectivity index (χ2n) is 8.14. The van der Waals surface area contributed by atoms with Gasteiger partial charge in [0.25, 0.3) is 5.91 Å². The fourth-order valence-electron chi connectivity index (χ4n) is 3.98. The second-order valence-corrected chi connectivity index (χ2v) is 8.14. The third-order valence-corrected chi connectivity index (χ3v) is 5.82. The smallest absolute Gasteiger partial charge is 0.255 e. The standard InChI is InChI=1S/C27H24FN3O2/c28-23-8-5-20(6-9-23)19-1-3-21(4-2-19)27(32)30-24-11-12-26-22(17-24)7-10-25(29-26)18-31-13-15-33-16-14-31/h1-12,17H,13-16,18H2,(H,30,32). The summed E-state index contributed by atoms with van der Waals surface area (Å²) in [7, 11) is 0. The highest BCUT2D eigenvalue weighted by Crippen LogP contribution is 2.22. The molecule has 3 aromatic carbocycles. The zero-order chi connectivity index (χ0) is 22.6. The lowest BCUT2D eigenvalue weighted by Gasteiger charge is -2.26. The Kier molecular flexibility index (Phi) is 6.11. The van der Waals surface area contributed by atoms with Crippen LogP contribution in [0.15, 0.2) is 78.9 Å². The maximum absolute atomic E-state index is 13.1. The minimum Gasteiger partial charge on any atom is -0.379 e. The van der Waals surface area contributed by atoms with Crippen LogP contribution in [0.5, 0.6) is 0 Å². The van der Waals surface area contributed by atoms with Gasteiger partial charge in [0.2, 0.25) is 0 Å². The number of benzene rings is 3. The largest absolute Gasteiger partial charge is 0.379 e. The van der Waals surface area contributed by atoms with Crippen molar-refractivity contribution in [2.45, 2.75) is 6.54 Å². The molecule has 1 aliphatic heterocycles. The topological polar surface area (TPSA) is 54.5 Å². The van der Waals surface area contributed by atoms with Crippen molar-refractivity contribution in [2.75, 3.05) is 31.6 Å². The van der Waals surface area contributed by atoms with Gasteiger partial charge in [-0.3, -0.25) is 14.7 Å². The number of hydrogen-bond donors (Lipinski definition) is 1. The summed E-state index contributed by atoms with van der Waals surface area (Å²) in [4.78, 5) is 19.8. The van der Waals surface area contributed by atoms with Gasteiger partial charge >= 0.3 is 0 Å². The number of carbonyl (C=O) groups is 1. The van der Waals surface area contributed by atoms with E-state index in [1.54, 1.807) is 24.3 Å². The molecule has 1 N–H and O–H groups in total. The Morgan fingerprint density at radius 3 is 2.33 bits per heavy atom. The average Bonchev–Trinajstić information content (AvgIpc) is 2.85. The van der Waals surface area contributed by atoms with E-state index in [1.165, 1.54) is 12.1 Å². The van der Waals surface area contributed by atoms with Gasteiger partial charge in [-0.05, 0) is 59.7 Å². The number of ether oxygens (including phenoxy) is 1. The molecule has 6 heteroatoms. The van der Waals surface area contributed by atoms with E-state index >= 15 is 0 Å². The summed E-state index contributed by atoms with van der Waals surface area (Å²) in [6, 6.07) is 23.4. The molecule has 1 amide bonds. The minimum atomic E-state index is -0.270. The maximum Gasteiger partial charge on any atom is 0.255 e. The van der Waals surface area contributed by atoms with Gasteiger partial charge in [-0.1, -0.05) is 30.3 Å². The van der Waals surface area contributed by atoms with E-state index in [0.717, 1.165) is 66.3 Å².